The van der Waals surface area contributed by atoms with E-state index >= 15 is 4.79 Å². The van der Waals surface area contributed by atoms with Crippen LogP contribution < -0.4 is 0 Å². The molecule has 2 aliphatic carbocycles. The second-order valence-corrected chi connectivity index (χ2v) is 17.1. The maximum atomic E-state index is 15.6. The highest BCUT2D eigenvalue weighted by molar-refractivity contribution is 5.95. The van der Waals surface area contributed by atoms with Crippen LogP contribution in [-0.4, -0.2) is 129 Å². The van der Waals surface area contributed by atoms with E-state index in [1.54, 1.807) is 12.1 Å². The molecule has 2 aliphatic heterocycles. The Kier molecular flexibility index (Phi) is 12.2. The summed E-state index contributed by atoms with van der Waals surface area (Å²) in [6.45, 7) is 4.17. The van der Waals surface area contributed by atoms with Gasteiger partial charge in [0.2, 0.25) is 0 Å². The monoisotopic (exact) mass is 901 g/mol. The van der Waals surface area contributed by atoms with Crippen LogP contribution in [0.2, 0.25) is 0 Å². The van der Waals surface area contributed by atoms with Crippen molar-refractivity contribution in [3.05, 3.63) is 101 Å². The first-order valence-corrected chi connectivity index (χ1v) is 20.6. The fourth-order valence-electron chi connectivity index (χ4n) is 9.75. The number of hydrogen-bond acceptors (Lipinski definition) is 19. The molecule has 65 heavy (non-hydrogen) atoms. The number of Topliss-reactive ketones (excluding diaryl/α,β-unsaturated/α-hetero) is 1. The summed E-state index contributed by atoms with van der Waals surface area (Å²) in [6.07, 6.45) is -10.7. The van der Waals surface area contributed by atoms with E-state index < -0.39 is 131 Å². The Balaban J connectivity index is 1.61. The molecule has 7 rings (SSSR count). The molecule has 344 valence electrons. The molecule has 0 radical (unpaired) electrons. The average Bonchev–Trinajstić information content (AvgIpc) is 3.49. The van der Waals surface area contributed by atoms with Gasteiger partial charge >= 0.3 is 41.8 Å². The number of pyridine rings is 1. The van der Waals surface area contributed by atoms with E-state index in [-0.39, 0.29) is 28.8 Å². The summed E-state index contributed by atoms with van der Waals surface area (Å²) >= 11 is 0. The molecule has 4 bridgehead atoms. The third kappa shape index (κ3) is 7.80. The van der Waals surface area contributed by atoms with Crippen LogP contribution in [0.1, 0.15) is 84.7 Å². The predicted molar refractivity (Wildman–Crippen MR) is 216 cm³/mol. The van der Waals surface area contributed by atoms with Crippen LogP contribution in [0, 0.1) is 11.3 Å². The zero-order valence-electron chi connectivity index (χ0n) is 36.2. The lowest BCUT2D eigenvalue weighted by Crippen LogP contribution is -2.89. The van der Waals surface area contributed by atoms with Gasteiger partial charge < -0.3 is 48.1 Å². The number of hydrogen-bond donors (Lipinski definition) is 2. The number of cyclic esters (lactones) is 1. The predicted octanol–water partition coefficient (Wildman–Crippen LogP) is 2.20. The van der Waals surface area contributed by atoms with Crippen LogP contribution >= 0.6 is 0 Å². The molecule has 19 heteroatoms. The molecule has 3 aromatic rings. The number of carbonyl (C=O) groups excluding carboxylic acids is 8. The van der Waals surface area contributed by atoms with Gasteiger partial charge in [-0.1, -0.05) is 36.4 Å². The van der Waals surface area contributed by atoms with Gasteiger partial charge in [0.1, 0.15) is 35.9 Å². The minimum atomic E-state index is -3.03. The summed E-state index contributed by atoms with van der Waals surface area (Å²) in [5, 5.41) is 25.5. The van der Waals surface area contributed by atoms with E-state index in [0.29, 0.717) is 0 Å². The number of rotatable bonds is 8. The number of ether oxygens (including phenoxy) is 8. The minimum absolute atomic E-state index is 0.0766. The number of benzene rings is 2. The highest BCUT2D eigenvalue weighted by Crippen LogP contribution is 2.69. The Hall–Kier alpha value is -6.57. The summed E-state index contributed by atoms with van der Waals surface area (Å²) in [4.78, 5) is 117. The van der Waals surface area contributed by atoms with Crippen LogP contribution in [0.4, 0.5) is 0 Å². The molecule has 3 fully saturated rings. The van der Waals surface area contributed by atoms with Gasteiger partial charge in [0.05, 0.1) is 28.3 Å². The smallest absolute Gasteiger partial charge is 0.340 e. The van der Waals surface area contributed by atoms with Crippen LogP contribution in [0.5, 0.6) is 0 Å². The van der Waals surface area contributed by atoms with Gasteiger partial charge in [-0.05, 0) is 70.0 Å². The molecular weight excluding hydrogens is 854 g/mol. The molecule has 1 aromatic heterocycles. The van der Waals surface area contributed by atoms with Crippen molar-refractivity contribution in [2.24, 2.45) is 11.3 Å². The van der Waals surface area contributed by atoms with Crippen LogP contribution in [0.15, 0.2) is 79.0 Å². The lowest BCUT2D eigenvalue weighted by molar-refractivity contribution is -0.375. The Morgan fingerprint density at radius 2 is 1.35 bits per heavy atom. The molecule has 0 amide bonds. The number of esters is 7. The number of fused-ring (bicyclic) bond motifs is 5. The average molecular weight is 902 g/mol. The molecule has 11 atom stereocenters. The van der Waals surface area contributed by atoms with Crippen molar-refractivity contribution >= 4 is 47.6 Å². The van der Waals surface area contributed by atoms with Gasteiger partial charge in [0.25, 0.3) is 0 Å². The molecule has 2 N–H and O–H groups in total. The Bertz CT molecular complexity index is 2420. The number of aliphatic hydroxyl groups is 2. The van der Waals surface area contributed by atoms with Crippen molar-refractivity contribution < 1.29 is 86.5 Å². The quantitative estimate of drug-likeness (QED) is 0.242. The number of nitrogens with zero attached hydrogens (tertiary/aromatic N) is 1. The summed E-state index contributed by atoms with van der Waals surface area (Å²) < 4.78 is 48.9. The molecule has 19 nitrogen and oxygen atoms in total. The zero-order valence-corrected chi connectivity index (χ0v) is 36.2. The maximum absolute atomic E-state index is 15.6. The molecule has 1 spiro atoms. The topological polar surface area (TPSA) is 264 Å². The van der Waals surface area contributed by atoms with Crippen molar-refractivity contribution in [2.75, 3.05) is 13.2 Å². The molecule has 3 heterocycles. The lowest BCUT2D eigenvalue weighted by atomic mass is 9.45. The summed E-state index contributed by atoms with van der Waals surface area (Å²) in [5.74, 6) is -11.1. The first kappa shape index (κ1) is 46.4. The van der Waals surface area contributed by atoms with Crippen molar-refractivity contribution in [3.8, 4) is 0 Å². The summed E-state index contributed by atoms with van der Waals surface area (Å²) in [7, 11) is 0. The Morgan fingerprint density at radius 1 is 0.754 bits per heavy atom. The van der Waals surface area contributed by atoms with Crippen molar-refractivity contribution in [1.82, 2.24) is 4.98 Å². The van der Waals surface area contributed by atoms with E-state index in [1.807, 2.05) is 0 Å². The molecule has 0 unspecified atom stereocenters. The van der Waals surface area contributed by atoms with Crippen LogP contribution in [0.25, 0.3) is 0 Å². The number of carbonyl (C=O) groups is 8. The second-order valence-electron chi connectivity index (χ2n) is 17.1. The Morgan fingerprint density at radius 3 is 1.94 bits per heavy atom. The zero-order chi connectivity index (χ0) is 47.3. The maximum Gasteiger partial charge on any atom is 0.340 e. The van der Waals surface area contributed by atoms with Gasteiger partial charge in [0.15, 0.2) is 41.4 Å². The van der Waals surface area contributed by atoms with Gasteiger partial charge in [-0.15, -0.1) is 0 Å². The fraction of sp³-hybridized carbons (Fsp3) is 0.457. The van der Waals surface area contributed by atoms with Gasteiger partial charge in [-0.2, -0.15) is 0 Å². The first-order chi connectivity index (χ1) is 30.6. The molecule has 2 aromatic carbocycles. The van der Waals surface area contributed by atoms with Crippen LogP contribution in [0.3, 0.4) is 0 Å². The normalized spacial score (nSPS) is 34.0. The van der Waals surface area contributed by atoms with E-state index in [9.17, 15) is 43.8 Å². The summed E-state index contributed by atoms with van der Waals surface area (Å²) in [5.41, 5.74) is -13.8. The highest BCUT2D eigenvalue weighted by atomic mass is 16.7. The Labute approximate surface area is 371 Å². The molecule has 2 saturated carbocycles. The van der Waals surface area contributed by atoms with Crippen molar-refractivity contribution in [3.63, 3.8) is 0 Å². The molecule has 4 aliphatic rings. The number of aryl methyl sites for hydroxylation is 1. The molecule has 1 saturated heterocycles. The molecular formula is C46H47NO18. The largest absolute Gasteiger partial charge is 0.465 e. The SMILES string of the molecule is CC(=O)OC[C@]12[C@H](OC(C)=O)C(=O)[C@@H]3[C@@H](OC(C)=O)[C@@]14O[C@@]3(C)COC(=O)c1cccnc1CC[C@@](C)(O)C(=O)O[C@@H]([C@H](OC(=O)c1ccccc1)[C@@H]2OC(=O)c1ccccc1)[C@]4(C)O. The third-order valence-electron chi connectivity index (χ3n) is 12.6. The van der Waals surface area contributed by atoms with E-state index in [2.05, 4.69) is 4.98 Å². The van der Waals surface area contributed by atoms with Gasteiger partial charge in [-0.3, -0.25) is 24.2 Å². The van der Waals surface area contributed by atoms with E-state index in [0.717, 1.165) is 34.6 Å². The fourth-order valence-corrected chi connectivity index (χ4v) is 9.75. The van der Waals surface area contributed by atoms with E-state index in [4.69, 9.17) is 37.9 Å². The van der Waals surface area contributed by atoms with Gasteiger partial charge in [0, 0.05) is 27.0 Å². The van der Waals surface area contributed by atoms with Crippen molar-refractivity contribution in [2.45, 2.75) is 107 Å². The lowest BCUT2D eigenvalue weighted by Gasteiger charge is -2.66. The number of ketones is 1. The minimum Gasteiger partial charge on any atom is -0.465 e. The standard InChI is InChI=1S/C46H47NO18/c1-24(48)58-23-45-35(61-26(3)50)32(51)31-34(60-25(2)49)46(45)44(6,57)36(33(62-38(52)27-14-9-7-10-15-27)37(45)63-39(53)28-16-11-8-12-17-28)64-41(55)42(4,56)20-19-30-29(18-13-21-47-30)40(54)59-22-43(31,5)65-46/h7-18,21,31,33-37,56-57H,19-20,22-23H2,1-6H3/t31-,33+,34-,35-,36+,37+,42-,43+,44+,45-,46+/m1/s1. The van der Waals surface area contributed by atoms with Crippen molar-refractivity contribution in [1.29, 1.82) is 0 Å². The first-order valence-electron chi connectivity index (χ1n) is 20.6. The summed E-state index contributed by atoms with van der Waals surface area (Å²) in [6, 6.07) is 17.3. The third-order valence-corrected chi connectivity index (χ3v) is 12.6. The number of aromatic nitrogens is 1. The second kappa shape index (κ2) is 17.1. The highest BCUT2D eigenvalue weighted by Gasteiger charge is 2.91. The van der Waals surface area contributed by atoms with Gasteiger partial charge in [-0.25, -0.2) is 19.2 Å². The van der Waals surface area contributed by atoms with Crippen LogP contribution in [-0.2, 0) is 68.3 Å². The van der Waals surface area contributed by atoms with E-state index in [1.165, 1.54) is 73.8 Å².